The molecule has 0 radical (unpaired) electrons. The van der Waals surface area contributed by atoms with E-state index in [-0.39, 0.29) is 0 Å². The topological polar surface area (TPSA) is 49.6 Å². The summed E-state index contributed by atoms with van der Waals surface area (Å²) in [5.74, 6) is 1.76. The number of aliphatic imine (C=N–C) groups is 1. The monoisotopic (exact) mass is 311 g/mol. The van der Waals surface area contributed by atoms with Crippen LogP contribution in [0, 0.1) is 6.92 Å². The van der Waals surface area contributed by atoms with Crippen molar-refractivity contribution in [2.24, 2.45) is 4.99 Å². The molecule has 0 fully saturated rings. The highest BCUT2D eigenvalue weighted by atomic mass is 16.3. The summed E-state index contributed by atoms with van der Waals surface area (Å²) in [4.78, 5) is 4.64. The minimum absolute atomic E-state index is 0.645. The Labute approximate surface area is 138 Å². The van der Waals surface area contributed by atoms with Gasteiger partial charge in [-0.3, -0.25) is 0 Å². The van der Waals surface area contributed by atoms with Gasteiger partial charge in [0.2, 0.25) is 0 Å². The van der Waals surface area contributed by atoms with Crippen LogP contribution in [0.5, 0.6) is 0 Å². The first-order valence-electron chi connectivity index (χ1n) is 7.88. The average molecular weight is 311 g/mol. The predicted octanol–water partition coefficient (Wildman–Crippen LogP) is 3.44. The van der Waals surface area contributed by atoms with Crippen molar-refractivity contribution in [3.05, 3.63) is 71.7 Å². The van der Waals surface area contributed by atoms with Crippen LogP contribution < -0.4 is 10.6 Å². The number of nitrogens with one attached hydrogen (secondary N) is 2. The van der Waals surface area contributed by atoms with Crippen molar-refractivity contribution in [1.29, 1.82) is 0 Å². The summed E-state index contributed by atoms with van der Waals surface area (Å²) < 4.78 is 5.34. The van der Waals surface area contributed by atoms with Gasteiger partial charge in [-0.05, 0) is 31.5 Å². The molecule has 0 aliphatic carbocycles. The minimum atomic E-state index is 0.645. The number of rotatable bonds is 7. The maximum Gasteiger partial charge on any atom is 0.191 e. The van der Waals surface area contributed by atoms with Crippen molar-refractivity contribution in [3.63, 3.8) is 0 Å². The lowest BCUT2D eigenvalue weighted by atomic mass is 10.1. The van der Waals surface area contributed by atoms with Gasteiger partial charge in [0.15, 0.2) is 5.96 Å². The molecule has 1 aromatic heterocycles. The number of hydrogen-bond acceptors (Lipinski definition) is 2. The highest BCUT2D eigenvalue weighted by Crippen LogP contribution is 2.04. The molecule has 2 N–H and O–H groups in total. The molecule has 0 amide bonds. The molecule has 0 saturated carbocycles. The standard InChI is InChI=1S/C19H25N3O/c1-15(2)13-21-19(20-11-10-18-5-4-12-23-18)22-14-17-8-6-16(3)7-9-17/h4-9,12H,1,10-11,13-14H2,2-3H3,(H2,20,21,22). The van der Waals surface area contributed by atoms with Crippen LogP contribution in [0.25, 0.3) is 0 Å². The van der Waals surface area contributed by atoms with E-state index in [1.54, 1.807) is 6.26 Å². The van der Waals surface area contributed by atoms with Gasteiger partial charge in [0, 0.05) is 19.5 Å². The van der Waals surface area contributed by atoms with Gasteiger partial charge < -0.3 is 15.1 Å². The highest BCUT2D eigenvalue weighted by molar-refractivity contribution is 5.80. The summed E-state index contributed by atoms with van der Waals surface area (Å²) in [5, 5.41) is 6.62. The SMILES string of the molecule is C=C(C)CNC(=NCc1ccc(C)cc1)NCCc1ccco1. The van der Waals surface area contributed by atoms with Crippen molar-refractivity contribution < 1.29 is 4.42 Å². The molecule has 0 aliphatic rings. The molecule has 2 rings (SSSR count). The van der Waals surface area contributed by atoms with Gasteiger partial charge in [0.1, 0.15) is 5.76 Å². The summed E-state index contributed by atoms with van der Waals surface area (Å²) in [6.07, 6.45) is 2.52. The van der Waals surface area contributed by atoms with E-state index in [0.29, 0.717) is 13.1 Å². The zero-order valence-electron chi connectivity index (χ0n) is 13.9. The fourth-order valence-corrected chi connectivity index (χ4v) is 2.03. The van der Waals surface area contributed by atoms with Gasteiger partial charge in [-0.15, -0.1) is 0 Å². The second-order valence-corrected chi connectivity index (χ2v) is 5.72. The van der Waals surface area contributed by atoms with Crippen LogP contribution in [-0.2, 0) is 13.0 Å². The first-order valence-corrected chi connectivity index (χ1v) is 7.88. The van der Waals surface area contributed by atoms with Crippen LogP contribution in [-0.4, -0.2) is 19.0 Å². The van der Waals surface area contributed by atoms with Gasteiger partial charge in [-0.1, -0.05) is 42.0 Å². The van der Waals surface area contributed by atoms with Crippen molar-refractivity contribution in [1.82, 2.24) is 10.6 Å². The predicted molar refractivity (Wildman–Crippen MR) is 95.5 cm³/mol. The lowest BCUT2D eigenvalue weighted by Gasteiger charge is -2.12. The molecule has 2 aromatic rings. The van der Waals surface area contributed by atoms with Gasteiger partial charge in [0.05, 0.1) is 12.8 Å². The molecule has 1 aromatic carbocycles. The smallest absolute Gasteiger partial charge is 0.191 e. The van der Waals surface area contributed by atoms with E-state index in [1.165, 1.54) is 11.1 Å². The Hall–Kier alpha value is -2.49. The van der Waals surface area contributed by atoms with Crippen molar-refractivity contribution in [2.45, 2.75) is 26.8 Å². The Bertz CT molecular complexity index is 627. The van der Waals surface area contributed by atoms with E-state index in [1.807, 2.05) is 19.1 Å². The lowest BCUT2D eigenvalue weighted by Crippen LogP contribution is -2.39. The Morgan fingerprint density at radius 1 is 1.17 bits per heavy atom. The molecular formula is C19H25N3O. The number of aryl methyl sites for hydroxylation is 1. The molecule has 23 heavy (non-hydrogen) atoms. The molecular weight excluding hydrogens is 286 g/mol. The Morgan fingerprint density at radius 3 is 2.61 bits per heavy atom. The maximum atomic E-state index is 5.34. The van der Waals surface area contributed by atoms with Crippen LogP contribution in [0.2, 0.25) is 0 Å². The molecule has 1 heterocycles. The van der Waals surface area contributed by atoms with Crippen molar-refractivity contribution in [2.75, 3.05) is 13.1 Å². The number of benzene rings is 1. The van der Waals surface area contributed by atoms with Crippen LogP contribution in [0.15, 0.2) is 64.2 Å². The number of furan rings is 1. The lowest BCUT2D eigenvalue weighted by molar-refractivity contribution is 0.507. The zero-order valence-corrected chi connectivity index (χ0v) is 13.9. The number of hydrogen-bond donors (Lipinski definition) is 2. The third-order valence-electron chi connectivity index (χ3n) is 3.34. The van der Waals surface area contributed by atoms with Gasteiger partial charge in [-0.25, -0.2) is 4.99 Å². The second kappa shape index (κ2) is 8.83. The fraction of sp³-hybridized carbons (Fsp3) is 0.316. The minimum Gasteiger partial charge on any atom is -0.469 e. The van der Waals surface area contributed by atoms with Crippen molar-refractivity contribution in [3.8, 4) is 0 Å². The Kier molecular flexibility index (Phi) is 6.48. The summed E-state index contributed by atoms with van der Waals surface area (Å²) in [6, 6.07) is 12.3. The van der Waals surface area contributed by atoms with Crippen molar-refractivity contribution >= 4 is 5.96 Å². The third kappa shape index (κ3) is 6.43. The van der Waals surface area contributed by atoms with Crippen LogP contribution >= 0.6 is 0 Å². The highest BCUT2D eigenvalue weighted by Gasteiger charge is 2.01. The molecule has 4 nitrogen and oxygen atoms in total. The van der Waals surface area contributed by atoms with E-state index >= 15 is 0 Å². The molecule has 0 aliphatic heterocycles. The molecule has 0 bridgehead atoms. The van der Waals surface area contributed by atoms with Gasteiger partial charge in [0.25, 0.3) is 0 Å². The number of nitrogens with zero attached hydrogens (tertiary/aromatic N) is 1. The molecule has 4 heteroatoms. The van der Waals surface area contributed by atoms with E-state index < -0.39 is 0 Å². The third-order valence-corrected chi connectivity index (χ3v) is 3.34. The summed E-state index contributed by atoms with van der Waals surface area (Å²) in [5.41, 5.74) is 3.52. The fourth-order valence-electron chi connectivity index (χ4n) is 2.03. The quantitative estimate of drug-likeness (QED) is 0.468. The Balaban J connectivity index is 1.90. The Morgan fingerprint density at radius 2 is 1.96 bits per heavy atom. The number of guanidine groups is 1. The van der Waals surface area contributed by atoms with Gasteiger partial charge >= 0.3 is 0 Å². The molecule has 0 spiro atoms. The largest absolute Gasteiger partial charge is 0.469 e. The summed E-state index contributed by atoms with van der Waals surface area (Å²) >= 11 is 0. The molecule has 122 valence electrons. The first-order chi connectivity index (χ1) is 11.1. The van der Waals surface area contributed by atoms with Crippen LogP contribution in [0.4, 0.5) is 0 Å². The molecule has 0 saturated heterocycles. The maximum absolute atomic E-state index is 5.34. The summed E-state index contributed by atoms with van der Waals surface area (Å²) in [6.45, 7) is 10.1. The summed E-state index contributed by atoms with van der Waals surface area (Å²) in [7, 11) is 0. The van der Waals surface area contributed by atoms with Crippen LogP contribution in [0.3, 0.4) is 0 Å². The molecule has 0 unspecified atom stereocenters. The zero-order chi connectivity index (χ0) is 16.5. The van der Waals surface area contributed by atoms with E-state index in [4.69, 9.17) is 4.42 Å². The normalized spacial score (nSPS) is 11.3. The van der Waals surface area contributed by atoms with Gasteiger partial charge in [-0.2, -0.15) is 0 Å². The first kappa shape index (κ1) is 16.9. The van der Waals surface area contributed by atoms with E-state index in [2.05, 4.69) is 53.4 Å². The average Bonchev–Trinajstić information content (AvgIpc) is 3.04. The second-order valence-electron chi connectivity index (χ2n) is 5.72. The van der Waals surface area contributed by atoms with Crippen LogP contribution in [0.1, 0.15) is 23.8 Å². The van der Waals surface area contributed by atoms with E-state index in [9.17, 15) is 0 Å². The van der Waals surface area contributed by atoms with E-state index in [0.717, 1.165) is 30.3 Å². The molecule has 0 atom stereocenters.